The Morgan fingerprint density at radius 2 is 1.40 bits per heavy atom. The summed E-state index contributed by atoms with van der Waals surface area (Å²) in [5.41, 5.74) is 4.28. The minimum atomic E-state index is 0.0238. The van der Waals surface area contributed by atoms with Crippen LogP contribution in [0.3, 0.4) is 0 Å². The first kappa shape index (κ1) is 7.66. The highest BCUT2D eigenvalue weighted by atomic mass is 16.5. The van der Waals surface area contributed by atoms with Crippen molar-refractivity contribution >= 4 is 5.97 Å². The molecular formula is C12H16NO2+. The number of carbonyl (C=O) groups is 1. The van der Waals surface area contributed by atoms with Gasteiger partial charge in [0.2, 0.25) is 0 Å². The zero-order chi connectivity index (χ0) is 10.1. The molecule has 0 heterocycles. The van der Waals surface area contributed by atoms with Crippen molar-refractivity contribution in [2.45, 2.75) is 6.04 Å². The van der Waals surface area contributed by atoms with E-state index < -0.39 is 0 Å². The molecule has 0 aromatic heterocycles. The predicted octanol–water partition coefficient (Wildman–Crippen LogP) is -0.616. The molecule has 0 radical (unpaired) electrons. The Morgan fingerprint density at radius 3 is 1.93 bits per heavy atom. The van der Waals surface area contributed by atoms with Crippen molar-refractivity contribution in [2.24, 2.45) is 53.3 Å². The van der Waals surface area contributed by atoms with Crippen LogP contribution in [0, 0.1) is 53.3 Å². The highest BCUT2D eigenvalue weighted by Gasteiger charge is 2.92. The lowest BCUT2D eigenvalue weighted by Gasteiger charge is -2.93. The second kappa shape index (κ2) is 1.86. The van der Waals surface area contributed by atoms with E-state index in [1.165, 1.54) is 7.11 Å². The molecule has 0 spiro atoms. The minimum Gasteiger partial charge on any atom is -0.469 e. The molecule has 6 aliphatic carbocycles. The van der Waals surface area contributed by atoms with Gasteiger partial charge in [-0.1, -0.05) is 0 Å². The Balaban J connectivity index is 1.58. The first-order valence-electron chi connectivity index (χ1n) is 6.18. The Labute approximate surface area is 88.3 Å². The molecule has 15 heavy (non-hydrogen) atoms. The number of rotatable bonds is 1. The number of hydrogen-bond donors (Lipinski definition) is 1. The summed E-state index contributed by atoms with van der Waals surface area (Å²) < 4.78 is 4.96. The van der Waals surface area contributed by atoms with Crippen LogP contribution in [0.2, 0.25) is 0 Å². The third kappa shape index (κ3) is 0.465. The highest BCUT2D eigenvalue weighted by Crippen LogP contribution is 2.92. The lowest BCUT2D eigenvalue weighted by molar-refractivity contribution is -0.565. The third-order valence-corrected chi connectivity index (χ3v) is 6.73. The summed E-state index contributed by atoms with van der Waals surface area (Å²) >= 11 is 0. The van der Waals surface area contributed by atoms with E-state index in [1.54, 1.807) is 0 Å². The summed E-state index contributed by atoms with van der Waals surface area (Å²) in [4.78, 5) is 11.8. The van der Waals surface area contributed by atoms with Gasteiger partial charge < -0.3 is 10.5 Å². The third-order valence-electron chi connectivity index (χ3n) is 6.73. The summed E-state index contributed by atoms with van der Waals surface area (Å²) in [6.07, 6.45) is 0. The molecule has 6 fully saturated rings. The SMILES string of the molecule is COC(=O)C1C([NH3+])C2C3C4C1C1C2C3C41. The maximum Gasteiger partial charge on any atom is 0.315 e. The smallest absolute Gasteiger partial charge is 0.315 e. The predicted molar refractivity (Wildman–Crippen MR) is 50.1 cm³/mol. The zero-order valence-electron chi connectivity index (χ0n) is 8.80. The van der Waals surface area contributed by atoms with Gasteiger partial charge in [0.25, 0.3) is 0 Å². The van der Waals surface area contributed by atoms with E-state index in [9.17, 15) is 4.79 Å². The molecule has 6 aliphatic rings. The van der Waals surface area contributed by atoms with Gasteiger partial charge in [-0.15, -0.1) is 0 Å². The highest BCUT2D eigenvalue weighted by molar-refractivity contribution is 5.75. The molecule has 0 aromatic rings. The molecule has 3 heteroatoms. The van der Waals surface area contributed by atoms with E-state index in [4.69, 9.17) is 4.74 Å². The van der Waals surface area contributed by atoms with Gasteiger partial charge in [0, 0.05) is 5.92 Å². The van der Waals surface area contributed by atoms with Crippen LogP contribution in [0.25, 0.3) is 0 Å². The molecule has 3 N–H and O–H groups in total. The van der Waals surface area contributed by atoms with Gasteiger partial charge in [-0.2, -0.15) is 0 Å². The molecular weight excluding hydrogens is 190 g/mol. The van der Waals surface area contributed by atoms with E-state index >= 15 is 0 Å². The van der Waals surface area contributed by atoms with Crippen LogP contribution < -0.4 is 5.73 Å². The van der Waals surface area contributed by atoms with Crippen LogP contribution in [0.5, 0.6) is 0 Å². The second-order valence-electron chi connectivity index (χ2n) is 6.33. The first-order valence-corrected chi connectivity index (χ1v) is 6.18. The van der Waals surface area contributed by atoms with E-state index in [0.717, 1.165) is 41.4 Å². The van der Waals surface area contributed by atoms with Crippen LogP contribution in [-0.2, 0) is 9.53 Å². The fraction of sp³-hybridized carbons (Fsp3) is 0.917. The van der Waals surface area contributed by atoms with Gasteiger partial charge in [-0.05, 0) is 41.4 Å². The van der Waals surface area contributed by atoms with Crippen molar-refractivity contribution < 1.29 is 15.3 Å². The van der Waals surface area contributed by atoms with Crippen LogP contribution in [-0.4, -0.2) is 19.1 Å². The van der Waals surface area contributed by atoms with Crippen molar-refractivity contribution in [2.75, 3.05) is 7.11 Å². The van der Waals surface area contributed by atoms with E-state index in [2.05, 4.69) is 5.73 Å². The maximum absolute atomic E-state index is 11.8. The summed E-state index contributed by atoms with van der Waals surface area (Å²) in [5, 5.41) is 0. The molecule has 0 amide bonds. The normalized spacial score (nSPS) is 74.3. The molecule has 2 bridgehead atoms. The monoisotopic (exact) mass is 206 g/mol. The van der Waals surface area contributed by atoms with Crippen molar-refractivity contribution in [1.82, 2.24) is 0 Å². The van der Waals surface area contributed by atoms with E-state index in [1.807, 2.05) is 0 Å². The van der Waals surface area contributed by atoms with Crippen molar-refractivity contribution in [3.8, 4) is 0 Å². The number of methoxy groups -OCH3 is 1. The number of carbonyl (C=O) groups excluding carboxylic acids is 1. The average molecular weight is 206 g/mol. The fourth-order valence-electron chi connectivity index (χ4n) is 6.59. The molecule has 6 saturated carbocycles. The van der Waals surface area contributed by atoms with Gasteiger partial charge in [0.05, 0.1) is 7.11 Å². The van der Waals surface area contributed by atoms with Crippen molar-refractivity contribution in [1.29, 1.82) is 0 Å². The average Bonchev–Trinajstić information content (AvgIpc) is 2.22. The van der Waals surface area contributed by atoms with Crippen LogP contribution in [0.1, 0.15) is 0 Å². The quantitative estimate of drug-likeness (QED) is 0.582. The number of fused-ring (bicyclic) bond motifs is 1. The summed E-state index contributed by atoms with van der Waals surface area (Å²) in [7, 11) is 1.52. The number of ether oxygens (including phenoxy) is 1. The van der Waals surface area contributed by atoms with Crippen LogP contribution in [0.4, 0.5) is 0 Å². The number of hydrogen-bond acceptors (Lipinski definition) is 2. The second-order valence-corrected chi connectivity index (χ2v) is 6.33. The lowest BCUT2D eigenvalue weighted by Crippen LogP contribution is -2.97. The van der Waals surface area contributed by atoms with Crippen LogP contribution >= 0.6 is 0 Å². The maximum atomic E-state index is 11.8. The van der Waals surface area contributed by atoms with Crippen LogP contribution in [0.15, 0.2) is 0 Å². The Hall–Kier alpha value is -0.570. The van der Waals surface area contributed by atoms with Gasteiger partial charge in [0.15, 0.2) is 0 Å². The topological polar surface area (TPSA) is 53.9 Å². The molecule has 0 saturated heterocycles. The fourth-order valence-corrected chi connectivity index (χ4v) is 6.59. The van der Waals surface area contributed by atoms with Crippen molar-refractivity contribution in [3.63, 3.8) is 0 Å². The van der Waals surface area contributed by atoms with Gasteiger partial charge >= 0.3 is 5.97 Å². The van der Waals surface area contributed by atoms with Gasteiger partial charge in [-0.3, -0.25) is 4.79 Å². The summed E-state index contributed by atoms with van der Waals surface area (Å²) in [5.74, 6) is 7.57. The lowest BCUT2D eigenvalue weighted by atomic mass is 9.10. The summed E-state index contributed by atoms with van der Waals surface area (Å²) in [6, 6.07) is 0.363. The van der Waals surface area contributed by atoms with E-state index in [-0.39, 0.29) is 11.9 Å². The van der Waals surface area contributed by atoms with Gasteiger partial charge in [-0.25, -0.2) is 0 Å². The first-order chi connectivity index (χ1) is 7.27. The Morgan fingerprint density at radius 1 is 0.933 bits per heavy atom. The van der Waals surface area contributed by atoms with Crippen molar-refractivity contribution in [3.05, 3.63) is 0 Å². The zero-order valence-corrected chi connectivity index (χ0v) is 8.80. The molecule has 6 atom stereocenters. The molecule has 0 aliphatic heterocycles. The summed E-state index contributed by atoms with van der Waals surface area (Å²) in [6.45, 7) is 0. The minimum absolute atomic E-state index is 0.0238. The molecule has 6 unspecified atom stereocenters. The molecule has 6 rings (SSSR count). The molecule has 80 valence electrons. The Bertz CT molecular complexity index is 375. The molecule has 0 aromatic carbocycles. The number of esters is 1. The molecule has 3 nitrogen and oxygen atoms in total. The Kier molecular flexibility index (Phi) is 0.948. The number of quaternary nitrogens is 1. The standard InChI is InChI=1S/C12H15NO2/c1-15-12(14)10-8-4-2-3-6(4)9(11(10)13)7(3)5(2)8/h2-11H,13H2,1H3/p+1. The van der Waals surface area contributed by atoms with Gasteiger partial charge in [0.1, 0.15) is 12.0 Å². The van der Waals surface area contributed by atoms with E-state index in [0.29, 0.717) is 12.0 Å². The largest absolute Gasteiger partial charge is 0.469 e.